The van der Waals surface area contributed by atoms with E-state index in [2.05, 4.69) is 5.32 Å². The molecule has 0 aliphatic carbocycles. The monoisotopic (exact) mass is 261 g/mol. The molecule has 0 radical (unpaired) electrons. The van der Waals surface area contributed by atoms with Gasteiger partial charge in [0.15, 0.2) is 0 Å². The first-order chi connectivity index (χ1) is 8.70. The van der Waals surface area contributed by atoms with Gasteiger partial charge in [-0.25, -0.2) is 4.39 Å². The molecule has 1 amide bonds. The van der Waals surface area contributed by atoms with Gasteiger partial charge in [-0.2, -0.15) is 0 Å². The Labute approximate surface area is 109 Å². The van der Waals surface area contributed by atoms with Crippen molar-refractivity contribution in [2.75, 3.05) is 11.6 Å². The Morgan fingerprint density at radius 3 is 2.67 bits per heavy atom. The number of hydrogen-bond donors (Lipinski definition) is 1. The van der Waals surface area contributed by atoms with Crippen molar-refractivity contribution in [2.45, 2.75) is 4.90 Å². The second-order valence-electron chi connectivity index (χ2n) is 3.66. The van der Waals surface area contributed by atoms with Crippen LogP contribution < -0.4 is 5.32 Å². The van der Waals surface area contributed by atoms with Crippen LogP contribution in [0.1, 0.15) is 10.4 Å². The largest absolute Gasteiger partial charge is 0.322 e. The Kier molecular flexibility index (Phi) is 3.99. The number of amides is 1. The average Bonchev–Trinajstić information content (AvgIpc) is 2.38. The van der Waals surface area contributed by atoms with Crippen molar-refractivity contribution in [3.8, 4) is 0 Å². The highest BCUT2D eigenvalue weighted by Crippen LogP contribution is 2.21. The summed E-state index contributed by atoms with van der Waals surface area (Å²) in [5.74, 6) is -0.600. The van der Waals surface area contributed by atoms with Gasteiger partial charge < -0.3 is 5.32 Å². The molecule has 0 unspecified atom stereocenters. The van der Waals surface area contributed by atoms with Crippen LogP contribution >= 0.6 is 11.8 Å². The van der Waals surface area contributed by atoms with Crippen LogP contribution in [0.2, 0.25) is 0 Å². The lowest BCUT2D eigenvalue weighted by Crippen LogP contribution is -2.12. The Balaban J connectivity index is 2.22. The summed E-state index contributed by atoms with van der Waals surface area (Å²) in [5, 5.41) is 2.68. The summed E-state index contributed by atoms with van der Waals surface area (Å²) in [6.45, 7) is 0. The van der Waals surface area contributed by atoms with Crippen LogP contribution in [-0.2, 0) is 0 Å². The first kappa shape index (κ1) is 12.6. The zero-order valence-corrected chi connectivity index (χ0v) is 10.6. The lowest BCUT2D eigenvalue weighted by atomic mass is 10.2. The van der Waals surface area contributed by atoms with E-state index in [0.29, 0.717) is 11.3 Å². The Morgan fingerprint density at radius 1 is 1.17 bits per heavy atom. The van der Waals surface area contributed by atoms with Crippen molar-refractivity contribution in [2.24, 2.45) is 0 Å². The van der Waals surface area contributed by atoms with Crippen LogP contribution in [-0.4, -0.2) is 12.2 Å². The van der Waals surface area contributed by atoms with E-state index >= 15 is 0 Å². The number of carbonyl (C=O) groups is 1. The van der Waals surface area contributed by atoms with Crippen molar-refractivity contribution in [1.82, 2.24) is 0 Å². The van der Waals surface area contributed by atoms with Gasteiger partial charge in [0.2, 0.25) is 0 Å². The number of nitrogens with one attached hydrogen (secondary N) is 1. The maximum Gasteiger partial charge on any atom is 0.256 e. The van der Waals surface area contributed by atoms with Crippen molar-refractivity contribution in [3.05, 3.63) is 59.9 Å². The van der Waals surface area contributed by atoms with Crippen LogP contribution in [0.3, 0.4) is 0 Å². The molecule has 2 rings (SSSR count). The number of benzene rings is 2. The number of anilines is 1. The summed E-state index contributed by atoms with van der Waals surface area (Å²) in [6, 6.07) is 13.2. The van der Waals surface area contributed by atoms with E-state index in [4.69, 9.17) is 0 Å². The van der Waals surface area contributed by atoms with Gasteiger partial charge in [0, 0.05) is 10.6 Å². The minimum atomic E-state index is -0.369. The van der Waals surface area contributed by atoms with Gasteiger partial charge in [0.05, 0.1) is 5.56 Å². The standard InChI is InChI=1S/C14H12FNOS/c1-18-13-8-3-2-7-12(13)14(17)16-11-6-4-5-10(15)9-11/h2-9H,1H3,(H,16,17). The maximum absolute atomic E-state index is 13.0. The average molecular weight is 261 g/mol. The summed E-state index contributed by atoms with van der Waals surface area (Å²) >= 11 is 1.50. The summed E-state index contributed by atoms with van der Waals surface area (Å²) in [6.07, 6.45) is 1.91. The first-order valence-corrected chi connectivity index (χ1v) is 6.63. The minimum absolute atomic E-state index is 0.231. The van der Waals surface area contributed by atoms with Gasteiger partial charge in [0.1, 0.15) is 5.82 Å². The first-order valence-electron chi connectivity index (χ1n) is 5.40. The molecule has 2 aromatic rings. The number of halogens is 1. The van der Waals surface area contributed by atoms with Crippen LogP contribution in [0.5, 0.6) is 0 Å². The molecule has 0 saturated carbocycles. The van der Waals surface area contributed by atoms with E-state index in [0.717, 1.165) is 4.90 Å². The smallest absolute Gasteiger partial charge is 0.256 e. The van der Waals surface area contributed by atoms with Crippen LogP contribution in [0.25, 0.3) is 0 Å². The molecule has 4 heteroatoms. The fourth-order valence-corrected chi connectivity index (χ4v) is 2.19. The highest BCUT2D eigenvalue weighted by molar-refractivity contribution is 7.98. The summed E-state index contributed by atoms with van der Waals surface area (Å²) in [7, 11) is 0. The molecule has 0 aromatic heterocycles. The fraction of sp³-hybridized carbons (Fsp3) is 0.0714. The zero-order valence-electron chi connectivity index (χ0n) is 9.81. The molecule has 0 saturated heterocycles. The van der Waals surface area contributed by atoms with Crippen LogP contribution in [0, 0.1) is 5.82 Å². The number of carbonyl (C=O) groups excluding carboxylic acids is 1. The number of thioether (sulfide) groups is 1. The molecule has 2 nitrogen and oxygen atoms in total. The minimum Gasteiger partial charge on any atom is -0.322 e. The third-order valence-electron chi connectivity index (χ3n) is 2.43. The molecule has 18 heavy (non-hydrogen) atoms. The molecule has 0 heterocycles. The van der Waals surface area contributed by atoms with Crippen LogP contribution in [0.15, 0.2) is 53.4 Å². The van der Waals surface area contributed by atoms with Gasteiger partial charge >= 0.3 is 0 Å². The summed E-state index contributed by atoms with van der Waals surface area (Å²) in [5.41, 5.74) is 1.05. The van der Waals surface area contributed by atoms with Gasteiger partial charge in [-0.3, -0.25) is 4.79 Å². The SMILES string of the molecule is CSc1ccccc1C(=O)Nc1cccc(F)c1. The lowest BCUT2D eigenvalue weighted by molar-refractivity contribution is 0.102. The molecule has 0 spiro atoms. The van der Waals surface area contributed by atoms with Crippen molar-refractivity contribution in [3.63, 3.8) is 0 Å². The van der Waals surface area contributed by atoms with Gasteiger partial charge in [0.25, 0.3) is 5.91 Å². The second kappa shape index (κ2) is 5.69. The van der Waals surface area contributed by atoms with Gasteiger partial charge in [-0.1, -0.05) is 18.2 Å². The van der Waals surface area contributed by atoms with E-state index in [9.17, 15) is 9.18 Å². The van der Waals surface area contributed by atoms with Crippen molar-refractivity contribution >= 4 is 23.4 Å². The van der Waals surface area contributed by atoms with Crippen LogP contribution in [0.4, 0.5) is 10.1 Å². The van der Waals surface area contributed by atoms with E-state index in [1.54, 1.807) is 24.3 Å². The Hall–Kier alpha value is -1.81. The molecule has 0 aliphatic heterocycles. The zero-order chi connectivity index (χ0) is 13.0. The molecule has 0 bridgehead atoms. The van der Waals surface area contributed by atoms with Gasteiger partial charge in [-0.15, -0.1) is 11.8 Å². The van der Waals surface area contributed by atoms with Crippen molar-refractivity contribution < 1.29 is 9.18 Å². The summed E-state index contributed by atoms with van der Waals surface area (Å²) in [4.78, 5) is 13.0. The molecule has 2 aromatic carbocycles. The molecular formula is C14H12FNOS. The molecule has 92 valence electrons. The highest BCUT2D eigenvalue weighted by atomic mass is 32.2. The predicted octanol–water partition coefficient (Wildman–Crippen LogP) is 3.80. The normalized spacial score (nSPS) is 10.1. The van der Waals surface area contributed by atoms with E-state index in [-0.39, 0.29) is 11.7 Å². The summed E-state index contributed by atoms with van der Waals surface area (Å²) < 4.78 is 13.0. The van der Waals surface area contributed by atoms with E-state index < -0.39 is 0 Å². The Bertz CT molecular complexity index is 571. The third kappa shape index (κ3) is 2.90. The lowest BCUT2D eigenvalue weighted by Gasteiger charge is -2.08. The van der Waals surface area contributed by atoms with E-state index in [1.807, 2.05) is 18.4 Å². The number of rotatable bonds is 3. The quantitative estimate of drug-likeness (QED) is 0.851. The van der Waals surface area contributed by atoms with Gasteiger partial charge in [-0.05, 0) is 36.6 Å². The third-order valence-corrected chi connectivity index (χ3v) is 3.23. The highest BCUT2D eigenvalue weighted by Gasteiger charge is 2.10. The van der Waals surface area contributed by atoms with Crippen molar-refractivity contribution in [1.29, 1.82) is 0 Å². The fourth-order valence-electron chi connectivity index (χ4n) is 1.60. The maximum atomic E-state index is 13.0. The predicted molar refractivity (Wildman–Crippen MR) is 72.6 cm³/mol. The molecule has 0 fully saturated rings. The second-order valence-corrected chi connectivity index (χ2v) is 4.51. The molecule has 0 aliphatic rings. The number of hydrogen-bond acceptors (Lipinski definition) is 2. The molecule has 0 atom stereocenters. The molecule has 1 N–H and O–H groups in total. The topological polar surface area (TPSA) is 29.1 Å². The molecular weight excluding hydrogens is 249 g/mol. The van der Waals surface area contributed by atoms with E-state index in [1.165, 1.54) is 23.9 Å². The Morgan fingerprint density at radius 2 is 1.94 bits per heavy atom.